The first-order valence-electron chi connectivity index (χ1n) is 7.34. The van der Waals surface area contributed by atoms with Gasteiger partial charge in [0.05, 0.1) is 5.92 Å². The Bertz CT molecular complexity index is 459. The van der Waals surface area contributed by atoms with Crippen LogP contribution >= 0.6 is 0 Å². The molecule has 2 rings (SSSR count). The number of rotatable bonds is 4. The highest BCUT2D eigenvalue weighted by Crippen LogP contribution is 2.18. The second-order valence-electron chi connectivity index (χ2n) is 5.25. The fourth-order valence-electron chi connectivity index (χ4n) is 2.53. The highest BCUT2D eigenvalue weighted by atomic mass is 16.2. The molecule has 4 heteroatoms. The Balaban J connectivity index is 1.96. The molecule has 1 aliphatic heterocycles. The molecule has 0 bridgehead atoms. The van der Waals surface area contributed by atoms with Crippen LogP contribution in [0.3, 0.4) is 0 Å². The zero-order valence-corrected chi connectivity index (χ0v) is 12.0. The fourth-order valence-corrected chi connectivity index (χ4v) is 2.53. The van der Waals surface area contributed by atoms with Gasteiger partial charge in [-0.2, -0.15) is 0 Å². The van der Waals surface area contributed by atoms with Crippen LogP contribution in [0.15, 0.2) is 30.3 Å². The zero-order chi connectivity index (χ0) is 14.4. The lowest BCUT2D eigenvalue weighted by atomic mass is 9.96. The number of likely N-dealkylation sites (tertiary alicyclic amines) is 1. The van der Waals surface area contributed by atoms with Gasteiger partial charge < -0.3 is 10.2 Å². The van der Waals surface area contributed by atoms with E-state index in [1.54, 1.807) is 4.90 Å². The standard InChI is InChI=1S/C16H22N2O2/c1-2-10-17-15(19)14-9-6-11-18(12-14)16(20)13-7-4-3-5-8-13/h3-5,7-8,14H,2,6,9-12H2,1H3,(H,17,19). The molecule has 1 atom stereocenters. The second-order valence-corrected chi connectivity index (χ2v) is 5.25. The minimum absolute atomic E-state index is 0.0265. The third kappa shape index (κ3) is 3.59. The van der Waals surface area contributed by atoms with Gasteiger partial charge in [0, 0.05) is 25.2 Å². The molecule has 108 valence electrons. The Morgan fingerprint density at radius 3 is 2.75 bits per heavy atom. The Morgan fingerprint density at radius 2 is 2.05 bits per heavy atom. The van der Waals surface area contributed by atoms with Crippen LogP contribution in [0, 0.1) is 5.92 Å². The van der Waals surface area contributed by atoms with Crippen LogP contribution in [0.4, 0.5) is 0 Å². The van der Waals surface area contributed by atoms with Crippen LogP contribution in [-0.2, 0) is 4.79 Å². The maximum Gasteiger partial charge on any atom is 0.253 e. The highest BCUT2D eigenvalue weighted by molar-refractivity contribution is 5.94. The Hall–Kier alpha value is -1.84. The number of nitrogens with zero attached hydrogens (tertiary/aromatic N) is 1. The van der Waals surface area contributed by atoms with Crippen molar-refractivity contribution in [1.82, 2.24) is 10.2 Å². The largest absolute Gasteiger partial charge is 0.356 e. The Morgan fingerprint density at radius 1 is 1.30 bits per heavy atom. The molecule has 2 amide bonds. The van der Waals surface area contributed by atoms with E-state index in [9.17, 15) is 9.59 Å². The van der Waals surface area contributed by atoms with E-state index in [-0.39, 0.29) is 17.7 Å². The lowest BCUT2D eigenvalue weighted by Gasteiger charge is -2.32. The first-order valence-corrected chi connectivity index (χ1v) is 7.34. The number of hydrogen-bond donors (Lipinski definition) is 1. The summed E-state index contributed by atoms with van der Waals surface area (Å²) < 4.78 is 0. The summed E-state index contributed by atoms with van der Waals surface area (Å²) in [5.74, 6) is 0.0407. The molecule has 1 unspecified atom stereocenters. The summed E-state index contributed by atoms with van der Waals surface area (Å²) in [6, 6.07) is 9.27. The van der Waals surface area contributed by atoms with Crippen LogP contribution in [0.25, 0.3) is 0 Å². The van der Waals surface area contributed by atoms with Gasteiger partial charge in [-0.25, -0.2) is 0 Å². The molecule has 0 radical (unpaired) electrons. The van der Waals surface area contributed by atoms with Crippen molar-refractivity contribution in [3.05, 3.63) is 35.9 Å². The number of amides is 2. The Kier molecular flexibility index (Phi) is 5.16. The van der Waals surface area contributed by atoms with Crippen molar-refractivity contribution in [2.45, 2.75) is 26.2 Å². The van der Waals surface area contributed by atoms with E-state index in [4.69, 9.17) is 0 Å². The van der Waals surface area contributed by atoms with E-state index in [0.717, 1.165) is 25.8 Å². The van der Waals surface area contributed by atoms with E-state index < -0.39 is 0 Å². The molecule has 1 saturated heterocycles. The molecule has 1 aliphatic rings. The molecule has 1 aromatic rings. The average molecular weight is 274 g/mol. The minimum Gasteiger partial charge on any atom is -0.356 e. The van der Waals surface area contributed by atoms with Crippen molar-refractivity contribution < 1.29 is 9.59 Å². The number of hydrogen-bond acceptors (Lipinski definition) is 2. The van der Waals surface area contributed by atoms with E-state index in [1.807, 2.05) is 37.3 Å². The number of benzene rings is 1. The van der Waals surface area contributed by atoms with Gasteiger partial charge in [-0.3, -0.25) is 9.59 Å². The first-order chi connectivity index (χ1) is 9.72. The maximum absolute atomic E-state index is 12.4. The second kappa shape index (κ2) is 7.08. The van der Waals surface area contributed by atoms with Crippen LogP contribution in [0.1, 0.15) is 36.5 Å². The summed E-state index contributed by atoms with van der Waals surface area (Å²) in [7, 11) is 0. The van der Waals surface area contributed by atoms with Gasteiger partial charge in [-0.15, -0.1) is 0 Å². The third-order valence-corrected chi connectivity index (χ3v) is 3.65. The molecular formula is C16H22N2O2. The van der Waals surface area contributed by atoms with Crippen LogP contribution in [0.2, 0.25) is 0 Å². The minimum atomic E-state index is -0.0667. The lowest BCUT2D eigenvalue weighted by Crippen LogP contribution is -2.45. The van der Waals surface area contributed by atoms with Gasteiger partial charge in [-0.1, -0.05) is 25.1 Å². The quantitative estimate of drug-likeness (QED) is 0.913. The molecule has 0 aromatic heterocycles. The van der Waals surface area contributed by atoms with Gasteiger partial charge in [0.1, 0.15) is 0 Å². The summed E-state index contributed by atoms with van der Waals surface area (Å²) in [6.45, 7) is 4.02. The maximum atomic E-state index is 12.4. The molecule has 1 heterocycles. The van der Waals surface area contributed by atoms with Gasteiger partial charge in [-0.05, 0) is 31.4 Å². The van der Waals surface area contributed by atoms with Gasteiger partial charge >= 0.3 is 0 Å². The van der Waals surface area contributed by atoms with Crippen LogP contribution in [-0.4, -0.2) is 36.3 Å². The predicted molar refractivity (Wildman–Crippen MR) is 78.4 cm³/mol. The topological polar surface area (TPSA) is 49.4 Å². The SMILES string of the molecule is CCCNC(=O)C1CCCN(C(=O)c2ccccc2)C1. The van der Waals surface area contributed by atoms with E-state index in [0.29, 0.717) is 18.7 Å². The van der Waals surface area contributed by atoms with Gasteiger partial charge in [0.15, 0.2) is 0 Å². The van der Waals surface area contributed by atoms with Crippen molar-refractivity contribution in [1.29, 1.82) is 0 Å². The summed E-state index contributed by atoms with van der Waals surface area (Å²) in [5.41, 5.74) is 0.696. The summed E-state index contributed by atoms with van der Waals surface area (Å²) in [4.78, 5) is 26.2. The molecule has 20 heavy (non-hydrogen) atoms. The third-order valence-electron chi connectivity index (χ3n) is 3.65. The van der Waals surface area contributed by atoms with E-state index in [1.165, 1.54) is 0 Å². The average Bonchev–Trinajstić information content (AvgIpc) is 2.52. The van der Waals surface area contributed by atoms with Gasteiger partial charge in [0.25, 0.3) is 5.91 Å². The van der Waals surface area contributed by atoms with Crippen molar-refractivity contribution in [3.63, 3.8) is 0 Å². The molecule has 0 spiro atoms. The molecule has 4 nitrogen and oxygen atoms in total. The number of piperidine rings is 1. The fraction of sp³-hybridized carbons (Fsp3) is 0.500. The Labute approximate surface area is 120 Å². The summed E-state index contributed by atoms with van der Waals surface area (Å²) in [6.07, 6.45) is 2.70. The lowest BCUT2D eigenvalue weighted by molar-refractivity contribution is -0.126. The molecule has 1 fully saturated rings. The van der Waals surface area contributed by atoms with Crippen molar-refractivity contribution in [2.75, 3.05) is 19.6 Å². The first kappa shape index (κ1) is 14.6. The molecule has 1 N–H and O–H groups in total. The summed E-state index contributed by atoms with van der Waals surface area (Å²) >= 11 is 0. The van der Waals surface area contributed by atoms with Crippen molar-refractivity contribution >= 4 is 11.8 Å². The van der Waals surface area contributed by atoms with Crippen molar-refractivity contribution in [2.24, 2.45) is 5.92 Å². The predicted octanol–water partition coefficient (Wildman–Crippen LogP) is 2.06. The molecular weight excluding hydrogens is 252 g/mol. The number of nitrogens with one attached hydrogen (secondary N) is 1. The number of carbonyl (C=O) groups excluding carboxylic acids is 2. The normalized spacial score (nSPS) is 18.6. The van der Waals surface area contributed by atoms with Crippen molar-refractivity contribution in [3.8, 4) is 0 Å². The highest BCUT2D eigenvalue weighted by Gasteiger charge is 2.28. The monoisotopic (exact) mass is 274 g/mol. The molecule has 0 saturated carbocycles. The smallest absolute Gasteiger partial charge is 0.253 e. The van der Waals surface area contributed by atoms with E-state index in [2.05, 4.69) is 5.32 Å². The van der Waals surface area contributed by atoms with Crippen LogP contribution < -0.4 is 5.32 Å². The van der Waals surface area contributed by atoms with Gasteiger partial charge in [0.2, 0.25) is 5.91 Å². The summed E-state index contributed by atoms with van der Waals surface area (Å²) in [5, 5.41) is 2.92. The van der Waals surface area contributed by atoms with Crippen LogP contribution in [0.5, 0.6) is 0 Å². The number of carbonyl (C=O) groups is 2. The molecule has 0 aliphatic carbocycles. The van der Waals surface area contributed by atoms with E-state index >= 15 is 0 Å². The zero-order valence-electron chi connectivity index (χ0n) is 12.0. The molecule has 1 aromatic carbocycles.